The Labute approximate surface area is 77.1 Å². The average Bonchev–Trinajstić information content (AvgIpc) is 2.72. The second-order valence-electron chi connectivity index (χ2n) is 3.52. The topological polar surface area (TPSA) is 42.1 Å². The number of ketones is 1. The van der Waals surface area contributed by atoms with E-state index in [9.17, 15) is 4.79 Å². The zero-order chi connectivity index (χ0) is 9.26. The number of rotatable bonds is 2. The van der Waals surface area contributed by atoms with Crippen LogP contribution in [-0.4, -0.2) is 23.5 Å². The molecule has 1 saturated heterocycles. The Bertz CT molecular complexity index is 292. The van der Waals surface area contributed by atoms with E-state index in [-0.39, 0.29) is 17.8 Å². The third-order valence-electron chi connectivity index (χ3n) is 2.43. The van der Waals surface area contributed by atoms with E-state index in [0.717, 1.165) is 6.42 Å². The van der Waals surface area contributed by atoms with E-state index in [1.54, 1.807) is 6.20 Å². The van der Waals surface area contributed by atoms with Crippen molar-refractivity contribution in [1.82, 2.24) is 4.98 Å². The van der Waals surface area contributed by atoms with Gasteiger partial charge in [0.2, 0.25) is 0 Å². The van der Waals surface area contributed by atoms with Gasteiger partial charge >= 0.3 is 0 Å². The summed E-state index contributed by atoms with van der Waals surface area (Å²) in [7, 11) is 0. The first-order valence-electron chi connectivity index (χ1n) is 4.56. The van der Waals surface area contributed by atoms with Gasteiger partial charge in [-0.15, -0.1) is 0 Å². The van der Waals surface area contributed by atoms with Crippen LogP contribution in [0, 0.1) is 5.92 Å². The van der Waals surface area contributed by atoms with E-state index in [1.165, 1.54) is 0 Å². The highest BCUT2D eigenvalue weighted by molar-refractivity contribution is 5.96. The maximum Gasteiger partial charge on any atom is 0.184 e. The standard InChI is InChI=1S/C10H13NO2/c1-7-5-8(6-13-7)10(12)9-3-2-4-11-9/h2-4,7-8,11H,5-6H2,1H3. The number of aromatic amines is 1. The fourth-order valence-electron chi connectivity index (χ4n) is 1.70. The van der Waals surface area contributed by atoms with Gasteiger partial charge in [0.15, 0.2) is 5.78 Å². The third-order valence-corrected chi connectivity index (χ3v) is 2.43. The van der Waals surface area contributed by atoms with Crippen LogP contribution in [0.2, 0.25) is 0 Å². The maximum atomic E-state index is 11.7. The summed E-state index contributed by atoms with van der Waals surface area (Å²) in [4.78, 5) is 14.7. The van der Waals surface area contributed by atoms with E-state index < -0.39 is 0 Å². The van der Waals surface area contributed by atoms with Crippen molar-refractivity contribution in [2.45, 2.75) is 19.4 Å². The van der Waals surface area contributed by atoms with Crippen LogP contribution in [0.15, 0.2) is 18.3 Å². The second-order valence-corrected chi connectivity index (χ2v) is 3.52. The fourth-order valence-corrected chi connectivity index (χ4v) is 1.70. The smallest absolute Gasteiger partial charge is 0.184 e. The summed E-state index contributed by atoms with van der Waals surface area (Å²) in [5, 5.41) is 0. The molecule has 1 aliphatic rings. The summed E-state index contributed by atoms with van der Waals surface area (Å²) < 4.78 is 5.35. The summed E-state index contributed by atoms with van der Waals surface area (Å²) >= 11 is 0. The number of carbonyl (C=O) groups is 1. The highest BCUT2D eigenvalue weighted by Crippen LogP contribution is 2.22. The Morgan fingerprint density at radius 3 is 3.08 bits per heavy atom. The van der Waals surface area contributed by atoms with Crippen molar-refractivity contribution >= 4 is 5.78 Å². The molecule has 2 unspecified atom stereocenters. The number of aromatic nitrogens is 1. The summed E-state index contributed by atoms with van der Waals surface area (Å²) in [6.45, 7) is 2.57. The van der Waals surface area contributed by atoms with Gasteiger partial charge in [0.25, 0.3) is 0 Å². The van der Waals surface area contributed by atoms with E-state index >= 15 is 0 Å². The van der Waals surface area contributed by atoms with Crippen LogP contribution in [0.25, 0.3) is 0 Å². The quantitative estimate of drug-likeness (QED) is 0.701. The number of H-pyrrole nitrogens is 1. The predicted octanol–water partition coefficient (Wildman–Crippen LogP) is 1.62. The minimum Gasteiger partial charge on any atom is -0.378 e. The first-order chi connectivity index (χ1) is 6.27. The number of Topliss-reactive ketones (excluding diaryl/α,β-unsaturated/α-hetero) is 1. The van der Waals surface area contributed by atoms with Gasteiger partial charge in [-0.25, -0.2) is 0 Å². The maximum absolute atomic E-state index is 11.7. The second kappa shape index (κ2) is 3.34. The molecule has 1 fully saturated rings. The molecule has 1 N–H and O–H groups in total. The molecule has 13 heavy (non-hydrogen) atoms. The minimum atomic E-state index is 0.0497. The molecule has 0 aliphatic carbocycles. The zero-order valence-electron chi connectivity index (χ0n) is 7.62. The molecule has 3 heteroatoms. The summed E-state index contributed by atoms with van der Waals surface area (Å²) in [6, 6.07) is 3.65. The van der Waals surface area contributed by atoms with Crippen LogP contribution in [0.4, 0.5) is 0 Å². The number of ether oxygens (including phenoxy) is 1. The van der Waals surface area contributed by atoms with E-state index in [1.807, 2.05) is 19.1 Å². The van der Waals surface area contributed by atoms with E-state index in [4.69, 9.17) is 4.74 Å². The van der Waals surface area contributed by atoms with Crippen molar-refractivity contribution in [1.29, 1.82) is 0 Å². The molecule has 0 radical (unpaired) electrons. The Kier molecular flexibility index (Phi) is 2.19. The van der Waals surface area contributed by atoms with Gasteiger partial charge in [0, 0.05) is 12.1 Å². The third kappa shape index (κ3) is 1.65. The molecule has 1 aromatic rings. The molecule has 0 saturated carbocycles. The van der Waals surface area contributed by atoms with Crippen molar-refractivity contribution in [3.63, 3.8) is 0 Å². The highest BCUT2D eigenvalue weighted by Gasteiger charge is 2.29. The van der Waals surface area contributed by atoms with Crippen LogP contribution < -0.4 is 0 Å². The Morgan fingerprint density at radius 1 is 1.69 bits per heavy atom. The van der Waals surface area contributed by atoms with Crippen LogP contribution in [0.3, 0.4) is 0 Å². The lowest BCUT2D eigenvalue weighted by molar-refractivity contribution is 0.0873. The van der Waals surface area contributed by atoms with Crippen LogP contribution in [0.5, 0.6) is 0 Å². The number of hydrogen-bond donors (Lipinski definition) is 1. The lowest BCUT2D eigenvalue weighted by Crippen LogP contribution is -2.15. The summed E-state index contributed by atoms with van der Waals surface area (Å²) in [6.07, 6.45) is 2.84. The average molecular weight is 179 g/mol. The molecule has 0 aromatic carbocycles. The molecule has 0 amide bonds. The van der Waals surface area contributed by atoms with Gasteiger partial charge in [-0.1, -0.05) is 0 Å². The van der Waals surface area contributed by atoms with Crippen molar-refractivity contribution in [2.24, 2.45) is 5.92 Å². The first-order valence-corrected chi connectivity index (χ1v) is 4.56. The Balaban J connectivity index is 2.06. The van der Waals surface area contributed by atoms with Crippen molar-refractivity contribution in [2.75, 3.05) is 6.61 Å². The van der Waals surface area contributed by atoms with Gasteiger partial charge in [-0.3, -0.25) is 4.79 Å². The van der Waals surface area contributed by atoms with Crippen molar-refractivity contribution in [3.8, 4) is 0 Å². The van der Waals surface area contributed by atoms with Gasteiger partial charge < -0.3 is 9.72 Å². The molecule has 0 spiro atoms. The molecule has 2 rings (SSSR count). The first kappa shape index (κ1) is 8.51. The molecule has 1 aliphatic heterocycles. The van der Waals surface area contributed by atoms with Gasteiger partial charge in [-0.2, -0.15) is 0 Å². The molecule has 1 aromatic heterocycles. The molecule has 70 valence electrons. The number of hydrogen-bond acceptors (Lipinski definition) is 2. The molecular weight excluding hydrogens is 166 g/mol. The molecule has 3 nitrogen and oxygen atoms in total. The van der Waals surface area contributed by atoms with Gasteiger partial charge in [-0.05, 0) is 25.5 Å². The lowest BCUT2D eigenvalue weighted by atomic mass is 9.99. The van der Waals surface area contributed by atoms with Crippen LogP contribution in [0.1, 0.15) is 23.8 Å². The summed E-state index contributed by atoms with van der Waals surface area (Å²) in [5.41, 5.74) is 0.697. The van der Waals surface area contributed by atoms with Crippen molar-refractivity contribution in [3.05, 3.63) is 24.0 Å². The SMILES string of the molecule is CC1CC(C(=O)c2ccc[nH]2)CO1. The van der Waals surface area contributed by atoms with Gasteiger partial charge in [0.1, 0.15) is 0 Å². The Hall–Kier alpha value is -1.09. The fraction of sp³-hybridized carbons (Fsp3) is 0.500. The predicted molar refractivity (Wildman–Crippen MR) is 48.6 cm³/mol. The summed E-state index contributed by atoms with van der Waals surface area (Å²) in [5.74, 6) is 0.225. The van der Waals surface area contributed by atoms with E-state index in [0.29, 0.717) is 12.3 Å². The number of carbonyl (C=O) groups excluding carboxylic acids is 1. The Morgan fingerprint density at radius 2 is 2.54 bits per heavy atom. The van der Waals surface area contributed by atoms with Gasteiger partial charge in [0.05, 0.1) is 18.4 Å². The normalized spacial score (nSPS) is 27.8. The lowest BCUT2D eigenvalue weighted by Gasteiger charge is -2.03. The molecule has 2 heterocycles. The molecule has 2 atom stereocenters. The molecular formula is C10H13NO2. The van der Waals surface area contributed by atoms with E-state index in [2.05, 4.69) is 4.98 Å². The minimum absolute atomic E-state index is 0.0497. The largest absolute Gasteiger partial charge is 0.378 e. The monoisotopic (exact) mass is 179 g/mol. The molecule has 0 bridgehead atoms. The highest BCUT2D eigenvalue weighted by atomic mass is 16.5. The number of nitrogens with one attached hydrogen (secondary N) is 1. The van der Waals surface area contributed by atoms with Crippen LogP contribution >= 0.6 is 0 Å². The van der Waals surface area contributed by atoms with Crippen molar-refractivity contribution < 1.29 is 9.53 Å². The zero-order valence-corrected chi connectivity index (χ0v) is 7.62. The van der Waals surface area contributed by atoms with Crippen LogP contribution in [-0.2, 0) is 4.74 Å².